The van der Waals surface area contributed by atoms with Gasteiger partial charge in [0.2, 0.25) is 11.8 Å². The number of hydrogen-bond donors (Lipinski definition) is 1. The van der Waals surface area contributed by atoms with Crippen LogP contribution >= 0.6 is 0 Å². The van der Waals surface area contributed by atoms with Crippen molar-refractivity contribution in [3.8, 4) is 5.75 Å². The largest absolute Gasteiger partial charge is 0.495 e. The van der Waals surface area contributed by atoms with Crippen molar-refractivity contribution in [2.45, 2.75) is 71.5 Å². The van der Waals surface area contributed by atoms with Crippen LogP contribution in [-0.4, -0.2) is 50.9 Å². The normalized spacial score (nSPS) is 12.8. The first-order valence-electron chi connectivity index (χ1n) is 13.8. The van der Waals surface area contributed by atoms with Crippen LogP contribution in [0.25, 0.3) is 0 Å². The average Bonchev–Trinajstić information content (AvgIpc) is 2.94. The van der Waals surface area contributed by atoms with E-state index in [0.717, 1.165) is 33.0 Å². The molecule has 0 aliphatic heterocycles. The maximum absolute atomic E-state index is 14.1. The van der Waals surface area contributed by atoms with Gasteiger partial charge in [-0.15, -0.1) is 0 Å². The van der Waals surface area contributed by atoms with Crippen LogP contribution < -0.4 is 14.4 Å². The SMILES string of the molecule is CCC(C)NC(=O)C(C)N(Cc1cccc(C)c1)C(=O)CN(c1cc(C)ccc1OC)S(=O)(=O)c1ccc(C)cc1. The van der Waals surface area contributed by atoms with Crippen LogP contribution in [0.4, 0.5) is 5.69 Å². The Balaban J connectivity index is 2.10. The van der Waals surface area contributed by atoms with Crippen molar-refractivity contribution in [2.24, 2.45) is 0 Å². The van der Waals surface area contributed by atoms with Crippen LogP contribution in [0.15, 0.2) is 71.6 Å². The van der Waals surface area contributed by atoms with E-state index in [-0.39, 0.29) is 29.1 Å². The highest BCUT2D eigenvalue weighted by molar-refractivity contribution is 7.92. The van der Waals surface area contributed by atoms with Gasteiger partial charge in [0, 0.05) is 12.6 Å². The van der Waals surface area contributed by atoms with E-state index in [9.17, 15) is 18.0 Å². The molecular formula is C32H41N3O5S. The zero-order chi connectivity index (χ0) is 30.3. The van der Waals surface area contributed by atoms with Gasteiger partial charge < -0.3 is 15.0 Å². The zero-order valence-corrected chi connectivity index (χ0v) is 25.8. The second-order valence-corrected chi connectivity index (χ2v) is 12.4. The molecule has 0 spiro atoms. The molecule has 0 saturated carbocycles. The van der Waals surface area contributed by atoms with Crippen LogP contribution in [0.1, 0.15) is 49.4 Å². The number of carbonyl (C=O) groups is 2. The van der Waals surface area contributed by atoms with Crippen LogP contribution in [0.5, 0.6) is 5.75 Å². The lowest BCUT2D eigenvalue weighted by Crippen LogP contribution is -2.52. The van der Waals surface area contributed by atoms with E-state index in [2.05, 4.69) is 5.32 Å². The highest BCUT2D eigenvalue weighted by atomic mass is 32.2. The molecule has 3 aromatic carbocycles. The molecule has 41 heavy (non-hydrogen) atoms. The van der Waals surface area contributed by atoms with Gasteiger partial charge in [-0.25, -0.2) is 8.42 Å². The lowest BCUT2D eigenvalue weighted by atomic mass is 10.1. The molecule has 9 heteroatoms. The number of anilines is 1. The Labute approximate surface area is 244 Å². The highest BCUT2D eigenvalue weighted by Gasteiger charge is 2.34. The maximum Gasteiger partial charge on any atom is 0.264 e. The maximum atomic E-state index is 14.1. The van der Waals surface area contributed by atoms with Gasteiger partial charge in [-0.2, -0.15) is 0 Å². The quantitative estimate of drug-likeness (QED) is 0.320. The van der Waals surface area contributed by atoms with Crippen LogP contribution in [0.2, 0.25) is 0 Å². The van der Waals surface area contributed by atoms with E-state index >= 15 is 0 Å². The van der Waals surface area contributed by atoms with Crippen molar-refractivity contribution in [3.63, 3.8) is 0 Å². The predicted molar refractivity (Wildman–Crippen MR) is 163 cm³/mol. The van der Waals surface area contributed by atoms with E-state index in [1.807, 2.05) is 65.0 Å². The topological polar surface area (TPSA) is 96.0 Å². The molecule has 0 bridgehead atoms. The molecule has 2 amide bonds. The number of benzene rings is 3. The highest BCUT2D eigenvalue weighted by Crippen LogP contribution is 2.34. The van der Waals surface area contributed by atoms with E-state index in [1.54, 1.807) is 31.2 Å². The summed E-state index contributed by atoms with van der Waals surface area (Å²) in [6.45, 7) is 10.8. The molecule has 0 heterocycles. The van der Waals surface area contributed by atoms with E-state index in [1.165, 1.54) is 24.1 Å². The van der Waals surface area contributed by atoms with Crippen LogP contribution in [-0.2, 0) is 26.2 Å². The minimum Gasteiger partial charge on any atom is -0.495 e. The second-order valence-electron chi connectivity index (χ2n) is 10.5. The summed E-state index contributed by atoms with van der Waals surface area (Å²) in [6.07, 6.45) is 0.736. The Bertz CT molecular complexity index is 1470. The van der Waals surface area contributed by atoms with Gasteiger partial charge in [-0.1, -0.05) is 60.5 Å². The first-order valence-corrected chi connectivity index (χ1v) is 15.2. The monoisotopic (exact) mass is 579 g/mol. The molecule has 2 unspecified atom stereocenters. The summed E-state index contributed by atoms with van der Waals surface area (Å²) in [4.78, 5) is 28.8. The molecule has 1 N–H and O–H groups in total. The summed E-state index contributed by atoms with van der Waals surface area (Å²) < 4.78 is 34.8. The number of nitrogens with zero attached hydrogens (tertiary/aromatic N) is 2. The summed E-state index contributed by atoms with van der Waals surface area (Å²) in [7, 11) is -2.74. The van der Waals surface area contributed by atoms with Crippen LogP contribution in [0.3, 0.4) is 0 Å². The molecule has 3 aromatic rings. The second kappa shape index (κ2) is 13.7. The number of nitrogens with one attached hydrogen (secondary N) is 1. The summed E-state index contributed by atoms with van der Waals surface area (Å²) in [5.74, 6) is -0.508. The Morgan fingerprint density at radius 1 is 0.902 bits per heavy atom. The van der Waals surface area contributed by atoms with Gasteiger partial charge in [-0.3, -0.25) is 13.9 Å². The third-order valence-corrected chi connectivity index (χ3v) is 8.87. The number of methoxy groups -OCH3 is 1. The smallest absolute Gasteiger partial charge is 0.264 e. The molecule has 0 fully saturated rings. The third kappa shape index (κ3) is 7.88. The fourth-order valence-electron chi connectivity index (χ4n) is 4.40. The van der Waals surface area contributed by atoms with E-state index < -0.39 is 28.5 Å². The third-order valence-electron chi connectivity index (χ3n) is 7.09. The van der Waals surface area contributed by atoms with Crippen molar-refractivity contribution in [3.05, 3.63) is 89.0 Å². The van der Waals surface area contributed by atoms with Crippen molar-refractivity contribution in [1.82, 2.24) is 10.2 Å². The number of hydrogen-bond acceptors (Lipinski definition) is 5. The minimum atomic E-state index is -4.19. The summed E-state index contributed by atoms with van der Waals surface area (Å²) in [6, 6.07) is 18.4. The van der Waals surface area contributed by atoms with Crippen molar-refractivity contribution >= 4 is 27.5 Å². The Morgan fingerprint density at radius 3 is 2.15 bits per heavy atom. The molecule has 8 nitrogen and oxygen atoms in total. The van der Waals surface area contributed by atoms with Gasteiger partial charge in [0.1, 0.15) is 18.3 Å². The Hall–Kier alpha value is -3.85. The van der Waals surface area contributed by atoms with E-state index in [0.29, 0.717) is 5.75 Å². The van der Waals surface area contributed by atoms with Gasteiger partial charge in [0.05, 0.1) is 17.7 Å². The number of amides is 2. The van der Waals surface area contributed by atoms with Gasteiger partial charge in [0.25, 0.3) is 10.0 Å². The summed E-state index contributed by atoms with van der Waals surface area (Å²) in [5.41, 5.74) is 3.80. The van der Waals surface area contributed by atoms with E-state index in [4.69, 9.17) is 4.74 Å². The average molecular weight is 580 g/mol. The number of aryl methyl sites for hydroxylation is 3. The fraction of sp³-hybridized carbons (Fsp3) is 0.375. The Kier molecular flexibility index (Phi) is 10.6. The lowest BCUT2D eigenvalue weighted by molar-refractivity contribution is -0.139. The van der Waals surface area contributed by atoms with Crippen molar-refractivity contribution in [2.75, 3.05) is 18.0 Å². The first kappa shape index (κ1) is 31.7. The first-order chi connectivity index (χ1) is 19.4. The lowest BCUT2D eigenvalue weighted by Gasteiger charge is -2.33. The molecule has 2 atom stereocenters. The number of ether oxygens (including phenoxy) is 1. The van der Waals surface area contributed by atoms with Crippen molar-refractivity contribution < 1.29 is 22.7 Å². The molecule has 0 aromatic heterocycles. The van der Waals surface area contributed by atoms with Gasteiger partial charge in [0.15, 0.2) is 0 Å². The Morgan fingerprint density at radius 2 is 1.54 bits per heavy atom. The number of rotatable bonds is 12. The molecule has 0 aliphatic rings. The molecule has 0 saturated heterocycles. The minimum absolute atomic E-state index is 0.0484. The molecule has 0 radical (unpaired) electrons. The van der Waals surface area contributed by atoms with Gasteiger partial charge in [-0.05, 0) is 76.4 Å². The summed E-state index contributed by atoms with van der Waals surface area (Å²) in [5, 5.41) is 2.95. The number of carbonyl (C=O) groups excluding carboxylic acids is 2. The van der Waals surface area contributed by atoms with Crippen LogP contribution in [0, 0.1) is 20.8 Å². The van der Waals surface area contributed by atoms with Crippen molar-refractivity contribution in [1.29, 1.82) is 0 Å². The molecular weight excluding hydrogens is 538 g/mol. The molecule has 3 rings (SSSR count). The fourth-order valence-corrected chi connectivity index (χ4v) is 5.82. The zero-order valence-electron chi connectivity index (χ0n) is 25.0. The molecule has 0 aliphatic carbocycles. The predicted octanol–water partition coefficient (Wildman–Crippen LogP) is 5.15. The molecule has 220 valence electrons. The standard InChI is InChI=1S/C32H41N3O5S/c1-8-25(5)33-32(37)26(6)34(20-27-11-9-10-23(3)18-27)31(36)21-35(29-19-24(4)14-17-30(29)40-7)41(38,39)28-15-12-22(2)13-16-28/h9-19,25-26H,8,20-21H2,1-7H3,(H,33,37). The summed E-state index contributed by atoms with van der Waals surface area (Å²) >= 11 is 0. The van der Waals surface area contributed by atoms with Gasteiger partial charge >= 0.3 is 0 Å². The number of sulfonamides is 1.